The van der Waals surface area contributed by atoms with Gasteiger partial charge >= 0.3 is 0 Å². The van der Waals surface area contributed by atoms with E-state index in [0.29, 0.717) is 31.2 Å². The summed E-state index contributed by atoms with van der Waals surface area (Å²) < 4.78 is 0. The van der Waals surface area contributed by atoms with Gasteiger partial charge in [-0.3, -0.25) is 14.6 Å². The maximum absolute atomic E-state index is 12.8. The predicted octanol–water partition coefficient (Wildman–Crippen LogP) is 1.94. The topological polar surface area (TPSA) is 95.3 Å². The highest BCUT2D eigenvalue weighted by Gasteiger charge is 2.37. The Morgan fingerprint density at radius 3 is 2.83 bits per heavy atom. The molecule has 30 heavy (non-hydrogen) atoms. The van der Waals surface area contributed by atoms with Crippen LogP contribution in [0.4, 0.5) is 5.69 Å². The second kappa shape index (κ2) is 8.83. The Morgan fingerprint density at radius 1 is 1.33 bits per heavy atom. The van der Waals surface area contributed by atoms with Crippen molar-refractivity contribution in [2.24, 2.45) is 11.7 Å². The van der Waals surface area contributed by atoms with Gasteiger partial charge in [-0.25, -0.2) is 0 Å². The summed E-state index contributed by atoms with van der Waals surface area (Å²) in [5.74, 6) is 0.608. The van der Waals surface area contributed by atoms with Crippen LogP contribution in [0, 0.1) is 5.92 Å². The van der Waals surface area contributed by atoms with Gasteiger partial charge in [0.25, 0.3) is 5.56 Å². The van der Waals surface area contributed by atoms with E-state index in [1.165, 1.54) is 18.9 Å². The summed E-state index contributed by atoms with van der Waals surface area (Å²) in [7, 11) is 0. The number of carbonyl (C=O) groups excluding carboxylic acids is 1. The van der Waals surface area contributed by atoms with Crippen molar-refractivity contribution < 1.29 is 4.79 Å². The zero-order valence-electron chi connectivity index (χ0n) is 17.4. The molecule has 3 heterocycles. The number of hydrogen-bond acceptors (Lipinski definition) is 5. The molecule has 2 aromatic rings. The maximum Gasteiger partial charge on any atom is 0.271 e. The number of carbonyl (C=O) groups is 1. The van der Waals surface area contributed by atoms with Gasteiger partial charge in [0.15, 0.2) is 0 Å². The summed E-state index contributed by atoms with van der Waals surface area (Å²) in [6.07, 6.45) is 10.0. The van der Waals surface area contributed by atoms with E-state index in [-0.39, 0.29) is 17.5 Å². The average Bonchev–Trinajstić information content (AvgIpc) is 3.55. The first-order valence-electron chi connectivity index (χ1n) is 10.7. The summed E-state index contributed by atoms with van der Waals surface area (Å²) in [6.45, 7) is 4.54. The first-order chi connectivity index (χ1) is 14.6. The third-order valence-electron chi connectivity index (χ3n) is 5.87. The summed E-state index contributed by atoms with van der Waals surface area (Å²) in [4.78, 5) is 36.2. The van der Waals surface area contributed by atoms with Crippen LogP contribution >= 0.6 is 0 Å². The first-order valence-corrected chi connectivity index (χ1v) is 10.7. The zero-order valence-corrected chi connectivity index (χ0v) is 17.4. The molecule has 2 aromatic heterocycles. The number of likely N-dealkylation sites (tertiary alicyclic amines) is 1. The molecule has 0 bridgehead atoms. The lowest BCUT2D eigenvalue weighted by Crippen LogP contribution is -2.62. The Morgan fingerprint density at radius 2 is 2.13 bits per heavy atom. The minimum absolute atomic E-state index is 0.0189. The fraction of sp³-hybridized carbons (Fsp3) is 0.435. The Balaban J connectivity index is 1.58. The van der Waals surface area contributed by atoms with E-state index in [1.807, 2.05) is 18.3 Å². The highest BCUT2D eigenvalue weighted by Crippen LogP contribution is 2.34. The largest absolute Gasteiger partial charge is 0.360 e. The molecular weight excluding hydrogens is 378 g/mol. The summed E-state index contributed by atoms with van der Waals surface area (Å²) in [5, 5.41) is 0. The SMILES string of the molecule is CCc1cc(-c2c[nH]c(=O)c(N(CC3CC3)C3CN(C(=O)/C=C/CN)C3)c2)ccn1. The molecule has 1 saturated heterocycles. The second-order valence-electron chi connectivity index (χ2n) is 8.12. The Kier molecular flexibility index (Phi) is 5.99. The van der Waals surface area contributed by atoms with E-state index >= 15 is 0 Å². The van der Waals surface area contributed by atoms with E-state index in [2.05, 4.69) is 27.9 Å². The van der Waals surface area contributed by atoms with Crippen molar-refractivity contribution in [3.63, 3.8) is 0 Å². The fourth-order valence-electron chi connectivity index (χ4n) is 3.83. The smallest absolute Gasteiger partial charge is 0.271 e. The molecule has 2 aliphatic rings. The minimum atomic E-state index is -0.0861. The highest BCUT2D eigenvalue weighted by atomic mass is 16.2. The van der Waals surface area contributed by atoms with Gasteiger partial charge in [-0.1, -0.05) is 13.0 Å². The Bertz CT molecular complexity index is 989. The number of pyridine rings is 2. The van der Waals surface area contributed by atoms with Gasteiger partial charge in [-0.15, -0.1) is 0 Å². The van der Waals surface area contributed by atoms with Gasteiger partial charge in [-0.2, -0.15) is 0 Å². The molecular formula is C23H29N5O2. The summed E-state index contributed by atoms with van der Waals surface area (Å²) in [5.41, 5.74) is 9.08. The molecule has 7 nitrogen and oxygen atoms in total. The van der Waals surface area contributed by atoms with Crippen molar-refractivity contribution in [2.75, 3.05) is 31.1 Å². The number of nitrogens with zero attached hydrogens (tertiary/aromatic N) is 3. The standard InChI is InChI=1S/C23H29N5O2/c1-2-19-10-17(7-9-25-19)18-11-21(23(30)26-12-18)28(13-16-5-6-16)20-14-27(15-20)22(29)4-3-8-24/h3-4,7,9-12,16,20H,2,5-6,8,13-15,24H2,1H3,(H,26,30)/b4-3+. The van der Waals surface area contributed by atoms with Gasteiger partial charge < -0.3 is 20.5 Å². The molecule has 2 fully saturated rings. The molecule has 0 unspecified atom stereocenters. The molecule has 3 N–H and O–H groups in total. The molecule has 0 atom stereocenters. The number of nitrogens with two attached hydrogens (primary N) is 1. The van der Waals surface area contributed by atoms with E-state index in [4.69, 9.17) is 5.73 Å². The van der Waals surface area contributed by atoms with Gasteiger partial charge in [0.1, 0.15) is 5.69 Å². The minimum Gasteiger partial charge on any atom is -0.360 e. The van der Waals surface area contributed by atoms with Crippen molar-refractivity contribution in [1.29, 1.82) is 0 Å². The van der Waals surface area contributed by atoms with Gasteiger partial charge in [-0.05, 0) is 48.9 Å². The molecule has 1 aliphatic carbocycles. The highest BCUT2D eigenvalue weighted by molar-refractivity contribution is 5.88. The van der Waals surface area contributed by atoms with Crippen LogP contribution in [0.5, 0.6) is 0 Å². The second-order valence-corrected chi connectivity index (χ2v) is 8.12. The van der Waals surface area contributed by atoms with Crippen molar-refractivity contribution in [3.05, 3.63) is 58.8 Å². The molecule has 158 valence electrons. The fourth-order valence-corrected chi connectivity index (χ4v) is 3.83. The number of H-pyrrole nitrogens is 1. The van der Waals surface area contributed by atoms with Gasteiger partial charge in [0.2, 0.25) is 5.91 Å². The average molecular weight is 408 g/mol. The number of hydrogen-bond donors (Lipinski definition) is 2. The van der Waals surface area contributed by atoms with Crippen LogP contribution in [-0.4, -0.2) is 53.0 Å². The summed E-state index contributed by atoms with van der Waals surface area (Å²) in [6, 6.07) is 6.17. The van der Waals surface area contributed by atoms with Crippen LogP contribution in [0.1, 0.15) is 25.5 Å². The Labute approximate surface area is 176 Å². The Hall–Kier alpha value is -2.93. The lowest BCUT2D eigenvalue weighted by molar-refractivity contribution is -0.130. The van der Waals surface area contributed by atoms with Crippen molar-refractivity contribution in [1.82, 2.24) is 14.9 Å². The van der Waals surface area contributed by atoms with E-state index in [9.17, 15) is 9.59 Å². The molecule has 0 radical (unpaired) electrons. The molecule has 0 spiro atoms. The quantitative estimate of drug-likeness (QED) is 0.652. The maximum atomic E-state index is 12.8. The third-order valence-corrected chi connectivity index (χ3v) is 5.87. The number of amides is 1. The number of anilines is 1. The number of aromatic nitrogens is 2. The number of rotatable bonds is 8. The first kappa shape index (κ1) is 20.3. The van der Waals surface area contributed by atoms with Gasteiger partial charge in [0, 0.05) is 55.9 Å². The van der Waals surface area contributed by atoms with Crippen molar-refractivity contribution in [2.45, 2.75) is 32.2 Å². The van der Waals surface area contributed by atoms with Crippen molar-refractivity contribution in [3.8, 4) is 11.1 Å². The van der Waals surface area contributed by atoms with Crippen molar-refractivity contribution >= 4 is 11.6 Å². The van der Waals surface area contributed by atoms with E-state index in [0.717, 1.165) is 29.8 Å². The van der Waals surface area contributed by atoms with E-state index in [1.54, 1.807) is 17.2 Å². The normalized spacial score (nSPS) is 16.7. The van der Waals surface area contributed by atoms with E-state index < -0.39 is 0 Å². The predicted molar refractivity (Wildman–Crippen MR) is 118 cm³/mol. The van der Waals surface area contributed by atoms with Crippen LogP contribution < -0.4 is 16.2 Å². The number of aromatic amines is 1. The molecule has 7 heteroatoms. The van der Waals surface area contributed by atoms with Crippen LogP contribution in [-0.2, 0) is 11.2 Å². The number of aryl methyl sites for hydroxylation is 1. The molecule has 0 aromatic carbocycles. The summed E-state index contributed by atoms with van der Waals surface area (Å²) >= 11 is 0. The number of nitrogens with one attached hydrogen (secondary N) is 1. The van der Waals surface area contributed by atoms with Crippen LogP contribution in [0.3, 0.4) is 0 Å². The molecule has 1 amide bonds. The van der Waals surface area contributed by atoms with Crippen LogP contribution in [0.25, 0.3) is 11.1 Å². The van der Waals surface area contributed by atoms with Gasteiger partial charge in [0.05, 0.1) is 6.04 Å². The van der Waals surface area contributed by atoms with Crippen LogP contribution in [0.15, 0.2) is 47.5 Å². The lowest BCUT2D eigenvalue weighted by Gasteiger charge is -2.46. The molecule has 1 aliphatic heterocycles. The zero-order chi connectivity index (χ0) is 21.1. The monoisotopic (exact) mass is 407 g/mol. The lowest BCUT2D eigenvalue weighted by atomic mass is 10.0. The molecule has 4 rings (SSSR count). The van der Waals surface area contributed by atoms with Crippen LogP contribution in [0.2, 0.25) is 0 Å². The third kappa shape index (κ3) is 4.46. The molecule has 1 saturated carbocycles.